The Kier molecular flexibility index (Phi) is 4.12. The predicted octanol–water partition coefficient (Wildman–Crippen LogP) is 3.20. The van der Waals surface area contributed by atoms with Crippen molar-refractivity contribution in [2.24, 2.45) is 5.73 Å². The smallest absolute Gasteiger partial charge is 0.239 e. The molecule has 1 aromatic heterocycles. The average molecular weight is 312 g/mol. The molecule has 4 nitrogen and oxygen atoms in total. The molecule has 0 saturated heterocycles. The lowest BCUT2D eigenvalue weighted by atomic mass is 10.1. The normalized spacial score (nSPS) is 12.4. The van der Waals surface area contributed by atoms with Crippen LogP contribution in [0.25, 0.3) is 11.0 Å². The van der Waals surface area contributed by atoms with Gasteiger partial charge >= 0.3 is 0 Å². The Morgan fingerprint density at radius 1 is 1.22 bits per heavy atom. The van der Waals surface area contributed by atoms with Crippen molar-refractivity contribution in [1.29, 1.82) is 0 Å². The van der Waals surface area contributed by atoms with Crippen LogP contribution in [0.3, 0.4) is 0 Å². The van der Waals surface area contributed by atoms with E-state index >= 15 is 0 Å². The van der Waals surface area contributed by atoms with Crippen LogP contribution in [0.5, 0.6) is 0 Å². The summed E-state index contributed by atoms with van der Waals surface area (Å²) in [6.45, 7) is 2.31. The minimum absolute atomic E-state index is 0.353. The third kappa shape index (κ3) is 3.10. The van der Waals surface area contributed by atoms with Crippen molar-refractivity contribution in [3.05, 3.63) is 71.2 Å². The highest BCUT2D eigenvalue weighted by Crippen LogP contribution is 2.26. The van der Waals surface area contributed by atoms with Gasteiger partial charge in [0.05, 0.1) is 0 Å². The van der Waals surface area contributed by atoms with E-state index in [-0.39, 0.29) is 5.82 Å². The van der Waals surface area contributed by atoms with Gasteiger partial charge in [0.25, 0.3) is 0 Å². The maximum atomic E-state index is 13.0. The van der Waals surface area contributed by atoms with E-state index in [9.17, 15) is 9.18 Å². The lowest BCUT2D eigenvalue weighted by Crippen LogP contribution is -2.33. The van der Waals surface area contributed by atoms with Crippen molar-refractivity contribution in [3.8, 4) is 0 Å². The van der Waals surface area contributed by atoms with Gasteiger partial charge in [0.2, 0.25) is 5.91 Å². The largest absolute Gasteiger partial charge is 0.461 e. The van der Waals surface area contributed by atoms with E-state index in [0.717, 1.165) is 22.3 Å². The van der Waals surface area contributed by atoms with Crippen molar-refractivity contribution in [2.45, 2.75) is 19.5 Å². The van der Waals surface area contributed by atoms with Crippen LogP contribution in [-0.2, 0) is 11.3 Å². The number of halogens is 1. The summed E-state index contributed by atoms with van der Waals surface area (Å²) in [7, 11) is 0. The Balaban J connectivity index is 1.85. The number of primary amides is 1. The van der Waals surface area contributed by atoms with Gasteiger partial charge < -0.3 is 10.2 Å². The molecule has 3 N–H and O–H groups in total. The number of carbonyl (C=O) groups excluding carboxylic acids is 1. The highest BCUT2D eigenvalue weighted by Gasteiger charge is 2.19. The van der Waals surface area contributed by atoms with E-state index < -0.39 is 11.9 Å². The van der Waals surface area contributed by atoms with Gasteiger partial charge in [0.15, 0.2) is 0 Å². The summed E-state index contributed by atoms with van der Waals surface area (Å²) in [4.78, 5) is 11.7. The van der Waals surface area contributed by atoms with Crippen LogP contribution in [0.1, 0.15) is 22.9 Å². The van der Waals surface area contributed by atoms with Crippen molar-refractivity contribution in [2.75, 3.05) is 0 Å². The van der Waals surface area contributed by atoms with Crippen molar-refractivity contribution in [3.63, 3.8) is 0 Å². The molecule has 0 saturated carbocycles. The fourth-order valence-electron chi connectivity index (χ4n) is 2.68. The summed E-state index contributed by atoms with van der Waals surface area (Å²) in [5, 5.41) is 4.13. The van der Waals surface area contributed by atoms with Crippen LogP contribution in [0.15, 0.2) is 52.9 Å². The predicted molar refractivity (Wildman–Crippen MR) is 86.1 cm³/mol. The molecule has 3 aromatic rings. The summed E-state index contributed by atoms with van der Waals surface area (Å²) in [5.41, 5.74) is 7.89. The van der Waals surface area contributed by atoms with Crippen LogP contribution >= 0.6 is 0 Å². The zero-order valence-electron chi connectivity index (χ0n) is 12.7. The Morgan fingerprint density at radius 2 is 1.91 bits per heavy atom. The van der Waals surface area contributed by atoms with E-state index in [1.807, 2.05) is 31.2 Å². The Morgan fingerprint density at radius 3 is 2.61 bits per heavy atom. The molecule has 0 bridgehead atoms. The van der Waals surface area contributed by atoms with Crippen molar-refractivity contribution < 1.29 is 13.6 Å². The number of hydrogen-bond donors (Lipinski definition) is 2. The number of fused-ring (bicyclic) bond motifs is 1. The summed E-state index contributed by atoms with van der Waals surface area (Å²) < 4.78 is 18.7. The molecule has 1 heterocycles. The number of amides is 1. The molecule has 0 unspecified atom stereocenters. The summed E-state index contributed by atoms with van der Waals surface area (Å²) in [5.74, 6) is -0.0725. The fraction of sp³-hybridized carbons (Fsp3) is 0.167. The topological polar surface area (TPSA) is 68.3 Å². The van der Waals surface area contributed by atoms with Crippen molar-refractivity contribution in [1.82, 2.24) is 5.32 Å². The molecule has 1 atom stereocenters. The molecule has 0 fully saturated rings. The van der Waals surface area contributed by atoms with Gasteiger partial charge in [-0.3, -0.25) is 10.1 Å². The number of rotatable bonds is 5. The summed E-state index contributed by atoms with van der Waals surface area (Å²) in [6.07, 6.45) is 0. The van der Waals surface area contributed by atoms with Crippen LogP contribution < -0.4 is 11.1 Å². The van der Waals surface area contributed by atoms with Crippen molar-refractivity contribution >= 4 is 16.9 Å². The fourth-order valence-corrected chi connectivity index (χ4v) is 2.68. The monoisotopic (exact) mass is 312 g/mol. The number of aryl methyl sites for hydroxylation is 1. The molecular weight excluding hydrogens is 295 g/mol. The molecule has 5 heteroatoms. The number of benzene rings is 2. The number of carbonyl (C=O) groups is 1. The number of furan rings is 1. The third-order valence-corrected chi connectivity index (χ3v) is 3.87. The number of para-hydroxylation sites is 1. The van der Waals surface area contributed by atoms with Crippen LogP contribution in [-0.4, -0.2) is 5.91 Å². The lowest BCUT2D eigenvalue weighted by molar-refractivity contribution is -0.120. The molecule has 23 heavy (non-hydrogen) atoms. The van der Waals surface area contributed by atoms with Gasteiger partial charge in [-0.2, -0.15) is 0 Å². The van der Waals surface area contributed by atoms with Gasteiger partial charge in [0.1, 0.15) is 23.2 Å². The summed E-state index contributed by atoms with van der Waals surface area (Å²) >= 11 is 0. The molecule has 0 spiro atoms. The first kappa shape index (κ1) is 15.2. The molecule has 3 rings (SSSR count). The van der Waals surface area contributed by atoms with Crippen LogP contribution in [0.2, 0.25) is 0 Å². The molecule has 2 aromatic carbocycles. The first-order valence-electron chi connectivity index (χ1n) is 7.31. The van der Waals surface area contributed by atoms with E-state index in [1.165, 1.54) is 12.1 Å². The second-order valence-corrected chi connectivity index (χ2v) is 5.40. The van der Waals surface area contributed by atoms with E-state index in [4.69, 9.17) is 10.2 Å². The summed E-state index contributed by atoms with van der Waals surface area (Å²) in [6, 6.07) is 12.8. The zero-order chi connectivity index (χ0) is 16.4. The van der Waals surface area contributed by atoms with Gasteiger partial charge in [-0.1, -0.05) is 30.3 Å². The highest BCUT2D eigenvalue weighted by molar-refractivity contribution is 5.83. The molecule has 0 aliphatic heterocycles. The number of hydrogen-bond acceptors (Lipinski definition) is 3. The number of nitrogens with one attached hydrogen (secondary N) is 1. The molecule has 118 valence electrons. The molecule has 0 radical (unpaired) electrons. The first-order chi connectivity index (χ1) is 11.1. The Hall–Kier alpha value is -2.66. The first-order valence-corrected chi connectivity index (χ1v) is 7.31. The van der Waals surface area contributed by atoms with Gasteiger partial charge in [-0.25, -0.2) is 4.39 Å². The number of nitrogens with two attached hydrogens (primary N) is 1. The average Bonchev–Trinajstić information content (AvgIpc) is 2.85. The van der Waals surface area contributed by atoms with Gasteiger partial charge in [-0.15, -0.1) is 0 Å². The second-order valence-electron chi connectivity index (χ2n) is 5.40. The highest BCUT2D eigenvalue weighted by atomic mass is 19.1. The lowest BCUT2D eigenvalue weighted by Gasteiger charge is -2.16. The van der Waals surface area contributed by atoms with Gasteiger partial charge in [-0.05, 0) is 30.7 Å². The minimum Gasteiger partial charge on any atom is -0.461 e. The van der Waals surface area contributed by atoms with E-state index in [0.29, 0.717) is 12.1 Å². The molecule has 1 amide bonds. The minimum atomic E-state index is -0.691. The van der Waals surface area contributed by atoms with Crippen LogP contribution in [0.4, 0.5) is 4.39 Å². The Bertz CT molecular complexity index is 840. The zero-order valence-corrected chi connectivity index (χ0v) is 12.7. The van der Waals surface area contributed by atoms with Crippen LogP contribution in [0, 0.1) is 12.7 Å². The van der Waals surface area contributed by atoms with E-state index in [2.05, 4.69) is 5.32 Å². The van der Waals surface area contributed by atoms with Gasteiger partial charge in [0, 0.05) is 17.5 Å². The second kappa shape index (κ2) is 6.22. The maximum absolute atomic E-state index is 13.0. The quantitative estimate of drug-likeness (QED) is 0.760. The maximum Gasteiger partial charge on any atom is 0.239 e. The molecule has 0 aliphatic carbocycles. The molecule has 0 aliphatic rings. The SMILES string of the molecule is Cc1oc2ccccc2c1CN[C@H](C(N)=O)c1ccc(F)cc1. The molecular formula is C18H17FN2O2. The van der Waals surface area contributed by atoms with E-state index in [1.54, 1.807) is 12.1 Å². The standard InChI is InChI=1S/C18H17FN2O2/c1-11-15(14-4-2-3-5-16(14)23-11)10-21-17(18(20)22)12-6-8-13(19)9-7-12/h2-9,17,21H,10H2,1H3,(H2,20,22)/t17-/m0/s1. The third-order valence-electron chi connectivity index (χ3n) is 3.87. The Labute approximate surface area is 133 Å².